The molecule has 1 aromatic carbocycles. The van der Waals surface area contributed by atoms with Crippen molar-refractivity contribution in [3.05, 3.63) is 50.6 Å². The summed E-state index contributed by atoms with van der Waals surface area (Å²) in [5.41, 5.74) is 5.21. The molecular weight excluding hydrogens is 367 g/mol. The first-order chi connectivity index (χ1) is 9.77. The van der Waals surface area contributed by atoms with Gasteiger partial charge in [-0.05, 0) is 59.3 Å². The van der Waals surface area contributed by atoms with Gasteiger partial charge in [-0.2, -0.15) is 13.2 Å². The van der Waals surface area contributed by atoms with Crippen molar-refractivity contribution in [3.63, 3.8) is 0 Å². The topological polar surface area (TPSA) is 35.2 Å². The maximum Gasteiger partial charge on any atom is 0.416 e. The van der Waals surface area contributed by atoms with E-state index in [9.17, 15) is 13.2 Å². The largest absolute Gasteiger partial charge is 0.483 e. The van der Waals surface area contributed by atoms with Crippen LogP contribution in [0.3, 0.4) is 0 Å². The Labute approximate surface area is 132 Å². The van der Waals surface area contributed by atoms with Crippen LogP contribution < -0.4 is 10.5 Å². The van der Waals surface area contributed by atoms with Crippen molar-refractivity contribution in [2.45, 2.75) is 25.2 Å². The van der Waals surface area contributed by atoms with E-state index in [0.29, 0.717) is 5.75 Å². The van der Waals surface area contributed by atoms with E-state index in [4.69, 9.17) is 10.5 Å². The first-order valence-corrected chi connectivity index (χ1v) is 7.73. The standard InChI is InChI=1S/C14H13BrF3NOS/c1-8(19)13(11-6-7-12(15)21-11)20-10-4-2-9(3-5-10)14(16,17)18/h2-8,13H,19H2,1H3. The summed E-state index contributed by atoms with van der Waals surface area (Å²) in [5.74, 6) is 0.356. The van der Waals surface area contributed by atoms with Gasteiger partial charge < -0.3 is 10.5 Å². The monoisotopic (exact) mass is 379 g/mol. The molecule has 0 amide bonds. The minimum Gasteiger partial charge on any atom is -0.483 e. The first kappa shape index (κ1) is 16.3. The molecule has 2 aromatic rings. The second-order valence-electron chi connectivity index (χ2n) is 4.56. The summed E-state index contributed by atoms with van der Waals surface area (Å²) in [6.07, 6.45) is -4.75. The lowest BCUT2D eigenvalue weighted by Crippen LogP contribution is -2.28. The summed E-state index contributed by atoms with van der Waals surface area (Å²) in [7, 11) is 0. The van der Waals surface area contributed by atoms with Crippen LogP contribution in [0.2, 0.25) is 0 Å². The van der Waals surface area contributed by atoms with E-state index in [-0.39, 0.29) is 6.04 Å². The third-order valence-electron chi connectivity index (χ3n) is 2.80. The highest BCUT2D eigenvalue weighted by atomic mass is 79.9. The van der Waals surface area contributed by atoms with Crippen molar-refractivity contribution in [2.75, 3.05) is 0 Å². The van der Waals surface area contributed by atoms with E-state index >= 15 is 0 Å². The molecule has 114 valence electrons. The van der Waals surface area contributed by atoms with Gasteiger partial charge in [0.15, 0.2) is 0 Å². The number of alkyl halides is 3. The lowest BCUT2D eigenvalue weighted by atomic mass is 10.1. The molecule has 0 aliphatic rings. The lowest BCUT2D eigenvalue weighted by Gasteiger charge is -2.21. The first-order valence-electron chi connectivity index (χ1n) is 6.12. The molecule has 0 aliphatic carbocycles. The van der Waals surface area contributed by atoms with Gasteiger partial charge in [0.25, 0.3) is 0 Å². The van der Waals surface area contributed by atoms with E-state index in [1.54, 1.807) is 6.92 Å². The van der Waals surface area contributed by atoms with Crippen molar-refractivity contribution >= 4 is 27.3 Å². The van der Waals surface area contributed by atoms with Gasteiger partial charge >= 0.3 is 6.18 Å². The van der Waals surface area contributed by atoms with Gasteiger partial charge in [-0.15, -0.1) is 11.3 Å². The van der Waals surface area contributed by atoms with E-state index in [1.165, 1.54) is 23.5 Å². The fraction of sp³-hybridized carbons (Fsp3) is 0.286. The van der Waals surface area contributed by atoms with Crippen LogP contribution in [-0.2, 0) is 6.18 Å². The van der Waals surface area contributed by atoms with Gasteiger partial charge in [0.05, 0.1) is 9.35 Å². The maximum atomic E-state index is 12.5. The summed E-state index contributed by atoms with van der Waals surface area (Å²) in [4.78, 5) is 0.914. The highest BCUT2D eigenvalue weighted by molar-refractivity contribution is 9.11. The number of rotatable bonds is 4. The Kier molecular flexibility index (Phi) is 4.95. The predicted octanol–water partition coefficient (Wildman–Crippen LogP) is 5.00. The normalized spacial score (nSPS) is 14.8. The summed E-state index contributed by atoms with van der Waals surface area (Å²) < 4.78 is 44.2. The van der Waals surface area contributed by atoms with Crippen LogP contribution in [0.1, 0.15) is 23.5 Å². The van der Waals surface area contributed by atoms with Crippen LogP contribution in [0.4, 0.5) is 13.2 Å². The third-order valence-corrected chi connectivity index (χ3v) is 4.48. The smallest absolute Gasteiger partial charge is 0.416 e. The van der Waals surface area contributed by atoms with Gasteiger partial charge in [-0.25, -0.2) is 0 Å². The maximum absolute atomic E-state index is 12.5. The van der Waals surface area contributed by atoms with E-state index < -0.39 is 17.8 Å². The molecule has 0 bridgehead atoms. The number of ether oxygens (including phenoxy) is 1. The molecule has 2 nitrogen and oxygen atoms in total. The SMILES string of the molecule is CC(N)C(Oc1ccc(C(F)(F)F)cc1)c1ccc(Br)s1. The number of hydrogen-bond donors (Lipinski definition) is 1. The van der Waals surface area contributed by atoms with Crippen LogP contribution in [0.15, 0.2) is 40.2 Å². The number of nitrogens with two attached hydrogens (primary N) is 1. The van der Waals surface area contributed by atoms with Crippen LogP contribution in [0.25, 0.3) is 0 Å². The summed E-state index contributed by atoms with van der Waals surface area (Å²) in [5, 5.41) is 0. The van der Waals surface area contributed by atoms with Crippen molar-refractivity contribution in [1.29, 1.82) is 0 Å². The molecule has 21 heavy (non-hydrogen) atoms. The summed E-state index contributed by atoms with van der Waals surface area (Å²) >= 11 is 4.85. The number of thiophene rings is 1. The molecule has 0 saturated carbocycles. The molecule has 7 heteroatoms. The molecule has 2 unspecified atom stereocenters. The van der Waals surface area contributed by atoms with Crippen molar-refractivity contribution in [1.82, 2.24) is 0 Å². The Morgan fingerprint density at radius 1 is 1.14 bits per heavy atom. The van der Waals surface area contributed by atoms with Crippen LogP contribution in [-0.4, -0.2) is 6.04 Å². The molecule has 2 rings (SSSR count). The number of halogens is 4. The highest BCUT2D eigenvalue weighted by Crippen LogP contribution is 2.34. The Bertz CT molecular complexity index is 595. The summed E-state index contributed by atoms with van der Waals surface area (Å²) in [6, 6.07) is 8.08. The average Bonchev–Trinajstić information content (AvgIpc) is 2.81. The molecule has 0 saturated heterocycles. The molecular formula is C14H13BrF3NOS. The van der Waals surface area contributed by atoms with E-state index in [2.05, 4.69) is 15.9 Å². The molecule has 0 aliphatic heterocycles. The molecule has 1 aromatic heterocycles. The second kappa shape index (κ2) is 6.37. The third kappa shape index (κ3) is 4.21. The van der Waals surface area contributed by atoms with Crippen molar-refractivity contribution < 1.29 is 17.9 Å². The zero-order valence-corrected chi connectivity index (χ0v) is 13.4. The molecule has 0 fully saturated rings. The van der Waals surface area contributed by atoms with Gasteiger partial charge in [-0.3, -0.25) is 0 Å². The molecule has 2 N–H and O–H groups in total. The van der Waals surface area contributed by atoms with Crippen LogP contribution in [0.5, 0.6) is 5.75 Å². The number of hydrogen-bond acceptors (Lipinski definition) is 3. The fourth-order valence-electron chi connectivity index (χ4n) is 1.77. The van der Waals surface area contributed by atoms with Gasteiger partial charge in [0.2, 0.25) is 0 Å². The fourth-order valence-corrected chi connectivity index (χ4v) is 3.34. The second-order valence-corrected chi connectivity index (χ2v) is 7.06. The van der Waals surface area contributed by atoms with Gasteiger partial charge in [0, 0.05) is 10.9 Å². The highest BCUT2D eigenvalue weighted by Gasteiger charge is 2.30. The molecule has 0 radical (unpaired) electrons. The van der Waals surface area contributed by atoms with E-state index in [1.807, 2.05) is 12.1 Å². The Morgan fingerprint density at radius 2 is 1.76 bits per heavy atom. The van der Waals surface area contributed by atoms with Crippen LogP contribution in [0, 0.1) is 0 Å². The van der Waals surface area contributed by atoms with Crippen molar-refractivity contribution in [3.8, 4) is 5.75 Å². The van der Waals surface area contributed by atoms with Gasteiger partial charge in [-0.1, -0.05) is 0 Å². The van der Waals surface area contributed by atoms with Gasteiger partial charge in [0.1, 0.15) is 11.9 Å². The molecule has 1 heterocycles. The predicted molar refractivity (Wildman–Crippen MR) is 80.5 cm³/mol. The zero-order valence-electron chi connectivity index (χ0n) is 11.0. The van der Waals surface area contributed by atoms with Crippen molar-refractivity contribution in [2.24, 2.45) is 5.73 Å². The van der Waals surface area contributed by atoms with E-state index in [0.717, 1.165) is 20.8 Å². The molecule has 0 spiro atoms. The Hall–Kier alpha value is -1.05. The Morgan fingerprint density at radius 3 is 2.19 bits per heavy atom. The zero-order chi connectivity index (χ0) is 15.6. The minimum atomic E-state index is -4.35. The lowest BCUT2D eigenvalue weighted by molar-refractivity contribution is -0.137. The molecule has 2 atom stereocenters. The average molecular weight is 380 g/mol. The summed E-state index contributed by atoms with van der Waals surface area (Å²) in [6.45, 7) is 1.79. The van der Waals surface area contributed by atoms with Crippen LogP contribution >= 0.6 is 27.3 Å². The quantitative estimate of drug-likeness (QED) is 0.811. The number of benzene rings is 1. The minimum absolute atomic E-state index is 0.294. The Balaban J connectivity index is 2.18.